The van der Waals surface area contributed by atoms with E-state index in [2.05, 4.69) is 26.0 Å². The summed E-state index contributed by atoms with van der Waals surface area (Å²) in [5, 5.41) is 8.55. The van der Waals surface area contributed by atoms with E-state index in [-0.39, 0.29) is 17.4 Å². The fourth-order valence-corrected chi connectivity index (χ4v) is 1.56. The SMILES string of the molecule is CC(C)Cc1ccc(CCC(=O)O)cc1.O.O. The van der Waals surface area contributed by atoms with Gasteiger partial charge in [-0.15, -0.1) is 0 Å². The molecular formula is C13H22O4. The lowest BCUT2D eigenvalue weighted by molar-refractivity contribution is -0.136. The fourth-order valence-electron chi connectivity index (χ4n) is 1.56. The van der Waals surface area contributed by atoms with E-state index in [0.717, 1.165) is 12.0 Å². The Hall–Kier alpha value is -1.39. The van der Waals surface area contributed by atoms with Crippen molar-refractivity contribution >= 4 is 5.97 Å². The van der Waals surface area contributed by atoms with Gasteiger partial charge in [0.1, 0.15) is 0 Å². The first-order valence-corrected chi connectivity index (χ1v) is 5.37. The Balaban J connectivity index is 0. The summed E-state index contributed by atoms with van der Waals surface area (Å²) in [5.41, 5.74) is 2.42. The van der Waals surface area contributed by atoms with Crippen molar-refractivity contribution < 1.29 is 20.9 Å². The summed E-state index contributed by atoms with van der Waals surface area (Å²) in [6, 6.07) is 8.25. The number of carboxylic acids is 1. The maximum absolute atomic E-state index is 10.4. The maximum atomic E-state index is 10.4. The minimum absolute atomic E-state index is 0. The number of aryl methyl sites for hydroxylation is 1. The lowest BCUT2D eigenvalue weighted by atomic mass is 10.0. The van der Waals surface area contributed by atoms with Gasteiger partial charge in [-0.3, -0.25) is 4.79 Å². The zero-order valence-corrected chi connectivity index (χ0v) is 10.4. The monoisotopic (exact) mass is 242 g/mol. The van der Waals surface area contributed by atoms with Gasteiger partial charge in [-0.05, 0) is 29.9 Å². The minimum Gasteiger partial charge on any atom is -0.481 e. The third-order valence-corrected chi connectivity index (χ3v) is 2.29. The van der Waals surface area contributed by atoms with E-state index in [1.165, 1.54) is 5.56 Å². The Morgan fingerprint density at radius 2 is 1.59 bits per heavy atom. The molecule has 1 rings (SSSR count). The summed E-state index contributed by atoms with van der Waals surface area (Å²) in [4.78, 5) is 10.4. The number of aliphatic carboxylic acids is 1. The van der Waals surface area contributed by atoms with Crippen LogP contribution in [0.25, 0.3) is 0 Å². The van der Waals surface area contributed by atoms with Crippen molar-refractivity contribution in [3.05, 3.63) is 35.4 Å². The Bertz CT molecular complexity index is 317. The topological polar surface area (TPSA) is 100 Å². The number of carbonyl (C=O) groups is 1. The van der Waals surface area contributed by atoms with Gasteiger partial charge in [0.25, 0.3) is 0 Å². The van der Waals surface area contributed by atoms with Gasteiger partial charge in [0.05, 0.1) is 0 Å². The smallest absolute Gasteiger partial charge is 0.303 e. The van der Waals surface area contributed by atoms with E-state index in [4.69, 9.17) is 5.11 Å². The lowest BCUT2D eigenvalue weighted by Crippen LogP contribution is -1.98. The van der Waals surface area contributed by atoms with E-state index in [1.54, 1.807) is 0 Å². The number of hydrogen-bond acceptors (Lipinski definition) is 1. The molecule has 0 atom stereocenters. The highest BCUT2D eigenvalue weighted by Crippen LogP contribution is 2.10. The van der Waals surface area contributed by atoms with Crippen molar-refractivity contribution in [2.24, 2.45) is 5.92 Å². The normalized spacial score (nSPS) is 9.35. The van der Waals surface area contributed by atoms with Crippen molar-refractivity contribution in [2.75, 3.05) is 0 Å². The van der Waals surface area contributed by atoms with Crippen molar-refractivity contribution in [2.45, 2.75) is 33.1 Å². The number of hydrogen-bond donors (Lipinski definition) is 1. The highest BCUT2D eigenvalue weighted by Gasteiger charge is 2.00. The van der Waals surface area contributed by atoms with Crippen LogP contribution in [0.1, 0.15) is 31.4 Å². The molecule has 0 bridgehead atoms. The molecule has 0 saturated carbocycles. The molecule has 0 amide bonds. The zero-order valence-electron chi connectivity index (χ0n) is 10.4. The van der Waals surface area contributed by atoms with Crippen molar-refractivity contribution in [1.29, 1.82) is 0 Å². The van der Waals surface area contributed by atoms with Crippen LogP contribution < -0.4 is 0 Å². The Kier molecular flexibility index (Phi) is 9.23. The van der Waals surface area contributed by atoms with Crippen LogP contribution in [-0.4, -0.2) is 22.0 Å². The van der Waals surface area contributed by atoms with Crippen LogP contribution in [-0.2, 0) is 17.6 Å². The molecule has 0 radical (unpaired) electrons. The molecule has 0 spiro atoms. The van der Waals surface area contributed by atoms with Crippen molar-refractivity contribution in [3.63, 3.8) is 0 Å². The summed E-state index contributed by atoms with van der Waals surface area (Å²) in [7, 11) is 0. The third kappa shape index (κ3) is 7.49. The van der Waals surface area contributed by atoms with Gasteiger partial charge in [0, 0.05) is 6.42 Å². The van der Waals surface area contributed by atoms with Gasteiger partial charge in [-0.2, -0.15) is 0 Å². The molecule has 0 heterocycles. The highest BCUT2D eigenvalue weighted by molar-refractivity contribution is 5.67. The molecule has 0 aromatic heterocycles. The van der Waals surface area contributed by atoms with Crippen LogP contribution in [0.5, 0.6) is 0 Å². The van der Waals surface area contributed by atoms with E-state index in [1.807, 2.05) is 12.1 Å². The summed E-state index contributed by atoms with van der Waals surface area (Å²) >= 11 is 0. The first-order chi connectivity index (χ1) is 7.08. The van der Waals surface area contributed by atoms with Gasteiger partial charge < -0.3 is 16.1 Å². The van der Waals surface area contributed by atoms with Gasteiger partial charge in [-0.1, -0.05) is 38.1 Å². The summed E-state index contributed by atoms with van der Waals surface area (Å²) in [5.74, 6) is -0.0730. The summed E-state index contributed by atoms with van der Waals surface area (Å²) in [6.07, 6.45) is 1.92. The second-order valence-electron chi connectivity index (χ2n) is 4.31. The standard InChI is InChI=1S/C13H18O2.2H2O/c1-10(2)9-12-5-3-11(4-6-12)7-8-13(14)15;;/h3-6,10H,7-9H2,1-2H3,(H,14,15);2*1H2. The summed E-state index contributed by atoms with van der Waals surface area (Å²) < 4.78 is 0. The Labute approximate surface area is 102 Å². The number of rotatable bonds is 5. The molecule has 4 nitrogen and oxygen atoms in total. The molecule has 1 aromatic rings. The molecule has 0 aliphatic heterocycles. The van der Waals surface area contributed by atoms with Crippen molar-refractivity contribution in [3.8, 4) is 0 Å². The van der Waals surface area contributed by atoms with E-state index in [0.29, 0.717) is 12.3 Å². The summed E-state index contributed by atoms with van der Waals surface area (Å²) in [6.45, 7) is 4.39. The van der Waals surface area contributed by atoms with Gasteiger partial charge in [0.15, 0.2) is 0 Å². The average Bonchev–Trinajstić information content (AvgIpc) is 2.16. The van der Waals surface area contributed by atoms with Crippen LogP contribution in [0.3, 0.4) is 0 Å². The van der Waals surface area contributed by atoms with Gasteiger partial charge >= 0.3 is 5.97 Å². The Morgan fingerprint density at radius 3 is 2.00 bits per heavy atom. The van der Waals surface area contributed by atoms with E-state index in [9.17, 15) is 4.79 Å². The molecule has 0 saturated heterocycles. The van der Waals surface area contributed by atoms with E-state index < -0.39 is 5.97 Å². The molecule has 98 valence electrons. The van der Waals surface area contributed by atoms with Crippen LogP contribution in [0.2, 0.25) is 0 Å². The Morgan fingerprint density at radius 1 is 1.12 bits per heavy atom. The number of carboxylic acid groups (broad SMARTS) is 1. The molecule has 5 N–H and O–H groups in total. The van der Waals surface area contributed by atoms with E-state index >= 15 is 0 Å². The molecule has 0 fully saturated rings. The molecule has 0 aliphatic carbocycles. The fraction of sp³-hybridized carbons (Fsp3) is 0.462. The largest absolute Gasteiger partial charge is 0.481 e. The second-order valence-corrected chi connectivity index (χ2v) is 4.31. The molecular weight excluding hydrogens is 220 g/mol. The average molecular weight is 242 g/mol. The molecule has 1 aromatic carbocycles. The quantitative estimate of drug-likeness (QED) is 0.840. The van der Waals surface area contributed by atoms with Crippen LogP contribution in [0.15, 0.2) is 24.3 Å². The second kappa shape index (κ2) is 8.73. The predicted molar refractivity (Wildman–Crippen MR) is 68.2 cm³/mol. The highest BCUT2D eigenvalue weighted by atomic mass is 16.4. The maximum Gasteiger partial charge on any atom is 0.303 e. The van der Waals surface area contributed by atoms with Gasteiger partial charge in [0.2, 0.25) is 0 Å². The predicted octanol–water partition coefficient (Wildman–Crippen LogP) is 1.25. The lowest BCUT2D eigenvalue weighted by Gasteiger charge is -2.05. The molecule has 0 aliphatic rings. The van der Waals surface area contributed by atoms with Crippen LogP contribution in [0.4, 0.5) is 0 Å². The zero-order chi connectivity index (χ0) is 11.3. The first-order valence-electron chi connectivity index (χ1n) is 5.37. The molecule has 4 heteroatoms. The third-order valence-electron chi connectivity index (χ3n) is 2.29. The first kappa shape index (κ1) is 18.0. The van der Waals surface area contributed by atoms with Crippen LogP contribution in [0, 0.1) is 5.92 Å². The van der Waals surface area contributed by atoms with Crippen LogP contribution >= 0.6 is 0 Å². The van der Waals surface area contributed by atoms with Gasteiger partial charge in [-0.25, -0.2) is 0 Å². The molecule has 17 heavy (non-hydrogen) atoms. The number of benzene rings is 1. The molecule has 0 unspecified atom stereocenters. The van der Waals surface area contributed by atoms with Crippen molar-refractivity contribution in [1.82, 2.24) is 0 Å². The minimum atomic E-state index is -0.735.